The molecule has 3 rings (SSSR count). The van der Waals surface area contributed by atoms with Crippen molar-refractivity contribution in [2.24, 2.45) is 0 Å². The minimum absolute atomic E-state index is 0.0889. The topological polar surface area (TPSA) is 123 Å². The third kappa shape index (κ3) is 5.80. The predicted octanol–water partition coefficient (Wildman–Crippen LogP) is 2.55. The fraction of sp³-hybridized carbons (Fsp3) is 0.375. The maximum absolute atomic E-state index is 13.3. The standard InChI is InChI=1S/C24H29N5O4S/c1-16-8-9-21(26-19(4)30)11-23(16)27-24(31)15-28-13-17(2)29(18(3)14-28)34(32,33)22-7-5-6-20(10-22)12-25/h5-11,17-18H,13-15H2,1-4H3,(H,26,30)(H,27,31). The van der Waals surface area contributed by atoms with Crippen LogP contribution in [0.4, 0.5) is 11.4 Å². The maximum Gasteiger partial charge on any atom is 0.243 e. The lowest BCUT2D eigenvalue weighted by Gasteiger charge is -2.43. The summed E-state index contributed by atoms with van der Waals surface area (Å²) in [5.41, 5.74) is 2.35. The van der Waals surface area contributed by atoms with Crippen molar-refractivity contribution in [1.82, 2.24) is 9.21 Å². The normalized spacial score (nSPS) is 19.3. The summed E-state index contributed by atoms with van der Waals surface area (Å²) in [4.78, 5) is 26.1. The van der Waals surface area contributed by atoms with Crippen LogP contribution in [-0.4, -0.2) is 61.2 Å². The summed E-state index contributed by atoms with van der Waals surface area (Å²) in [5, 5.41) is 14.7. The highest BCUT2D eigenvalue weighted by Crippen LogP contribution is 2.26. The van der Waals surface area contributed by atoms with Gasteiger partial charge in [0.15, 0.2) is 0 Å². The second-order valence-electron chi connectivity index (χ2n) is 8.63. The van der Waals surface area contributed by atoms with Gasteiger partial charge in [0.25, 0.3) is 0 Å². The molecule has 2 N–H and O–H groups in total. The first-order valence-electron chi connectivity index (χ1n) is 11.0. The van der Waals surface area contributed by atoms with Crippen LogP contribution in [0.2, 0.25) is 0 Å². The van der Waals surface area contributed by atoms with Crippen molar-refractivity contribution in [3.63, 3.8) is 0 Å². The Bertz CT molecular complexity index is 1230. The van der Waals surface area contributed by atoms with Crippen molar-refractivity contribution in [1.29, 1.82) is 5.26 Å². The Morgan fingerprint density at radius 3 is 2.38 bits per heavy atom. The molecule has 2 aromatic rings. The molecule has 10 heteroatoms. The number of sulfonamides is 1. The molecule has 2 atom stereocenters. The Morgan fingerprint density at radius 1 is 1.09 bits per heavy atom. The van der Waals surface area contributed by atoms with Crippen LogP contribution in [-0.2, 0) is 19.6 Å². The van der Waals surface area contributed by atoms with Gasteiger partial charge in [0.1, 0.15) is 0 Å². The molecule has 0 aromatic heterocycles. The van der Waals surface area contributed by atoms with E-state index in [4.69, 9.17) is 5.26 Å². The summed E-state index contributed by atoms with van der Waals surface area (Å²) in [5.74, 6) is -0.420. The molecule has 2 unspecified atom stereocenters. The molecule has 0 spiro atoms. The highest BCUT2D eigenvalue weighted by atomic mass is 32.2. The van der Waals surface area contributed by atoms with Gasteiger partial charge >= 0.3 is 0 Å². The molecule has 9 nitrogen and oxygen atoms in total. The molecule has 2 amide bonds. The molecule has 1 fully saturated rings. The molecule has 1 saturated heterocycles. The number of amides is 2. The molecule has 0 saturated carbocycles. The molecule has 180 valence electrons. The second-order valence-corrected chi connectivity index (χ2v) is 10.5. The van der Waals surface area contributed by atoms with Crippen molar-refractivity contribution in [2.45, 2.75) is 44.7 Å². The highest BCUT2D eigenvalue weighted by molar-refractivity contribution is 7.89. The summed E-state index contributed by atoms with van der Waals surface area (Å²) in [6.45, 7) is 7.79. The van der Waals surface area contributed by atoms with Gasteiger partial charge in [-0.1, -0.05) is 12.1 Å². The molecule has 1 heterocycles. The third-order valence-corrected chi connectivity index (χ3v) is 7.78. The van der Waals surface area contributed by atoms with Crippen molar-refractivity contribution in [2.75, 3.05) is 30.3 Å². The highest BCUT2D eigenvalue weighted by Gasteiger charge is 2.38. The molecular weight excluding hydrogens is 454 g/mol. The van der Waals surface area contributed by atoms with Gasteiger partial charge in [-0.2, -0.15) is 9.57 Å². The minimum Gasteiger partial charge on any atom is -0.326 e. The first kappa shape index (κ1) is 25.4. The van der Waals surface area contributed by atoms with Crippen molar-refractivity contribution in [3.8, 4) is 6.07 Å². The smallest absolute Gasteiger partial charge is 0.243 e. The average Bonchev–Trinajstić information content (AvgIpc) is 2.75. The first-order valence-corrected chi connectivity index (χ1v) is 12.4. The number of hydrogen-bond acceptors (Lipinski definition) is 6. The van der Waals surface area contributed by atoms with E-state index in [-0.39, 0.29) is 40.9 Å². The molecule has 0 radical (unpaired) electrons. The lowest BCUT2D eigenvalue weighted by molar-refractivity contribution is -0.118. The summed E-state index contributed by atoms with van der Waals surface area (Å²) in [6, 6.07) is 12.5. The van der Waals surface area contributed by atoms with E-state index in [1.54, 1.807) is 24.3 Å². The van der Waals surface area contributed by atoms with Gasteiger partial charge in [0, 0.05) is 43.5 Å². The lowest BCUT2D eigenvalue weighted by Crippen LogP contribution is -2.59. The number of hydrogen-bond donors (Lipinski definition) is 2. The van der Waals surface area contributed by atoms with E-state index in [1.165, 1.54) is 23.4 Å². The van der Waals surface area contributed by atoms with Crippen LogP contribution in [0.3, 0.4) is 0 Å². The molecule has 1 aliphatic rings. The van der Waals surface area contributed by atoms with E-state index in [1.807, 2.05) is 37.8 Å². The van der Waals surface area contributed by atoms with Gasteiger partial charge in [0.05, 0.1) is 23.1 Å². The Morgan fingerprint density at radius 2 is 1.76 bits per heavy atom. The Balaban J connectivity index is 1.68. The van der Waals surface area contributed by atoms with Gasteiger partial charge in [-0.25, -0.2) is 8.42 Å². The van der Waals surface area contributed by atoms with E-state index in [0.29, 0.717) is 24.5 Å². The molecule has 0 bridgehead atoms. The summed E-state index contributed by atoms with van der Waals surface area (Å²) < 4.78 is 28.0. The van der Waals surface area contributed by atoms with Gasteiger partial charge in [-0.3, -0.25) is 14.5 Å². The third-order valence-electron chi connectivity index (χ3n) is 5.65. The zero-order valence-electron chi connectivity index (χ0n) is 19.7. The number of nitrogens with one attached hydrogen (secondary N) is 2. The van der Waals surface area contributed by atoms with Gasteiger partial charge < -0.3 is 10.6 Å². The fourth-order valence-corrected chi connectivity index (χ4v) is 6.15. The van der Waals surface area contributed by atoms with Crippen LogP contribution >= 0.6 is 0 Å². The molecule has 34 heavy (non-hydrogen) atoms. The number of benzene rings is 2. The van der Waals surface area contributed by atoms with Crippen LogP contribution in [0.5, 0.6) is 0 Å². The number of anilines is 2. The summed E-state index contributed by atoms with van der Waals surface area (Å²) in [6.07, 6.45) is 0. The van der Waals surface area contributed by atoms with E-state index in [2.05, 4.69) is 10.6 Å². The number of nitriles is 1. The minimum atomic E-state index is -3.79. The number of piperazine rings is 1. The molecular formula is C24H29N5O4S. The Kier molecular flexibility index (Phi) is 7.71. The van der Waals surface area contributed by atoms with Crippen LogP contribution in [0.1, 0.15) is 31.9 Å². The van der Waals surface area contributed by atoms with Crippen molar-refractivity contribution in [3.05, 3.63) is 53.6 Å². The largest absolute Gasteiger partial charge is 0.326 e. The number of carbonyl (C=O) groups is 2. The van der Waals surface area contributed by atoms with Gasteiger partial charge in [0.2, 0.25) is 21.8 Å². The van der Waals surface area contributed by atoms with Gasteiger partial charge in [-0.05, 0) is 56.7 Å². The Hall–Kier alpha value is -3.26. The first-order chi connectivity index (χ1) is 16.0. The molecule has 2 aromatic carbocycles. The predicted molar refractivity (Wildman–Crippen MR) is 130 cm³/mol. The summed E-state index contributed by atoms with van der Waals surface area (Å²) >= 11 is 0. The van der Waals surface area contributed by atoms with Crippen LogP contribution in [0, 0.1) is 18.3 Å². The zero-order valence-corrected chi connectivity index (χ0v) is 20.5. The number of aryl methyl sites for hydroxylation is 1. The van der Waals surface area contributed by atoms with Crippen molar-refractivity contribution >= 4 is 33.2 Å². The van der Waals surface area contributed by atoms with E-state index >= 15 is 0 Å². The van der Waals surface area contributed by atoms with Gasteiger partial charge in [-0.15, -0.1) is 0 Å². The number of nitrogens with zero attached hydrogens (tertiary/aromatic N) is 3. The molecule has 0 aliphatic carbocycles. The maximum atomic E-state index is 13.3. The Labute approximate surface area is 200 Å². The van der Waals surface area contributed by atoms with E-state index in [0.717, 1.165) is 5.56 Å². The zero-order chi connectivity index (χ0) is 25.0. The SMILES string of the molecule is CC(=O)Nc1ccc(C)c(NC(=O)CN2CC(C)N(S(=O)(=O)c3cccc(C#N)c3)C(C)C2)c1. The van der Waals surface area contributed by atoms with E-state index in [9.17, 15) is 18.0 Å². The number of rotatable bonds is 6. The lowest BCUT2D eigenvalue weighted by atomic mass is 10.1. The van der Waals surface area contributed by atoms with E-state index < -0.39 is 10.0 Å². The molecule has 1 aliphatic heterocycles. The fourth-order valence-electron chi connectivity index (χ4n) is 4.30. The van der Waals surface area contributed by atoms with Crippen LogP contribution in [0.15, 0.2) is 47.4 Å². The quantitative estimate of drug-likeness (QED) is 0.651. The second kappa shape index (κ2) is 10.3. The summed E-state index contributed by atoms with van der Waals surface area (Å²) in [7, 11) is -3.79. The van der Waals surface area contributed by atoms with Crippen LogP contribution in [0.25, 0.3) is 0 Å². The average molecular weight is 484 g/mol. The van der Waals surface area contributed by atoms with Crippen LogP contribution < -0.4 is 10.6 Å². The number of carbonyl (C=O) groups excluding carboxylic acids is 2. The monoisotopic (exact) mass is 483 g/mol. The van der Waals surface area contributed by atoms with Crippen molar-refractivity contribution < 1.29 is 18.0 Å².